The van der Waals surface area contributed by atoms with E-state index >= 15 is 0 Å². The van der Waals surface area contributed by atoms with Gasteiger partial charge < -0.3 is 61.6 Å². The van der Waals surface area contributed by atoms with E-state index in [1.165, 1.54) is 135 Å². The number of carbonyl (C=O) groups is 14. The van der Waals surface area contributed by atoms with Crippen LogP contribution in [0.25, 0.3) is 0 Å². The highest BCUT2D eigenvalue weighted by molar-refractivity contribution is 5.97. The Labute approximate surface area is 887 Å². The molecule has 22 aliphatic rings. The zero-order valence-electron chi connectivity index (χ0n) is 96.1. The molecule has 22 rings (SSSR count). The van der Waals surface area contributed by atoms with Crippen molar-refractivity contribution in [2.45, 2.75) is 459 Å². The Morgan fingerprint density at radius 2 is 0.689 bits per heavy atom. The van der Waals surface area contributed by atoms with Crippen LogP contribution < -0.4 is 0 Å². The standard InChI is InChI=1S/2C16H26O2.C16H28O2.C15H26O2.C14H20O4.C9H14O4.C9H16.C8H16O2.3C6H8O3/c2*1-4-10(2)15(17)18-16(3)13-6-11-5-12(8-13)9-14(16)7-11;1-3-13(2)15(17)18-16(11-7-8-12-16)14-9-5-4-6-10-14;1-6-15(4,5)17-14(16)13-8-11-7-12(13)10(3)9(11)2;1-7-8(2)10-5-9(7)6-11(10)13(15)18-12-3-4-17-14(12)16;1-3-6(2)8(10)13-7-4-5-12-9(7)11;1-6-7(2)9-4-3-8(6)5-9;1-6-4-5-8(9-3)10-7(6)2;3*1-3-4(2)6(8)9-5(3)7/h2*10-14H,4-9H2,1-3H3;13-14H,3-12H2,1-2H3;9-13H,6-8H2,1-5H3;7-12H,3-6H2,1-2H3;6-7H,3-5H2,1-2H3;6-9H,3-5H2,1-2H3;6-8H,4-5H2,1-3H3;3*3-4H,1-2H3. The van der Waals surface area contributed by atoms with Crippen molar-refractivity contribution in [3.8, 4) is 0 Å². The Hall–Kier alpha value is -6.90. The second-order valence-corrected chi connectivity index (χ2v) is 50.9. The largest absolute Gasteiger partial charge is 0.463 e. The van der Waals surface area contributed by atoms with Crippen molar-refractivity contribution in [3.05, 3.63) is 0 Å². The minimum absolute atomic E-state index is 0.00889. The first-order valence-electron chi connectivity index (χ1n) is 58.8. The van der Waals surface area contributed by atoms with Crippen molar-refractivity contribution in [2.24, 2.45) is 201 Å². The van der Waals surface area contributed by atoms with E-state index in [2.05, 4.69) is 116 Å². The van der Waals surface area contributed by atoms with E-state index in [0.717, 1.165) is 136 Å². The molecule has 0 aromatic heterocycles. The number of esters is 14. The zero-order chi connectivity index (χ0) is 109. The number of hydrogen-bond acceptors (Lipinski definition) is 27. The molecule has 0 aromatic carbocycles. The lowest BCUT2D eigenvalue weighted by Gasteiger charge is -2.59. The summed E-state index contributed by atoms with van der Waals surface area (Å²) >= 11 is 0. The molecule has 6 aliphatic heterocycles. The highest BCUT2D eigenvalue weighted by Gasteiger charge is 2.61. The van der Waals surface area contributed by atoms with E-state index in [1.807, 2.05) is 41.5 Å². The number of cyclic esters (lactones) is 8. The van der Waals surface area contributed by atoms with Crippen molar-refractivity contribution < 1.29 is 129 Å². The minimum Gasteiger partial charge on any atom is -0.463 e. The Morgan fingerprint density at radius 3 is 0.980 bits per heavy atom. The van der Waals surface area contributed by atoms with Crippen LogP contribution in [0.15, 0.2) is 0 Å². The third-order valence-corrected chi connectivity index (χ3v) is 41.4. The van der Waals surface area contributed by atoms with Gasteiger partial charge in [0.05, 0.1) is 90.3 Å². The first-order valence-corrected chi connectivity index (χ1v) is 58.8. The summed E-state index contributed by atoms with van der Waals surface area (Å²) in [7, 11) is 1.70. The number of rotatable bonds is 19. The fourth-order valence-electron chi connectivity index (χ4n) is 28.1. The molecule has 14 bridgehead atoms. The Kier molecular flexibility index (Phi) is 45.2. The number of hydrogen-bond donors (Lipinski definition) is 0. The topological polar surface area (TPSA) is 359 Å². The molecular formula is C121H196O27. The first kappa shape index (κ1) is 123. The van der Waals surface area contributed by atoms with Crippen LogP contribution >= 0.6 is 0 Å². The van der Waals surface area contributed by atoms with Gasteiger partial charge in [-0.3, -0.25) is 57.5 Å². The lowest BCUT2D eigenvalue weighted by molar-refractivity contribution is -0.207. The van der Waals surface area contributed by atoms with Crippen LogP contribution in [0.2, 0.25) is 0 Å². The van der Waals surface area contributed by atoms with Gasteiger partial charge in [0, 0.05) is 20.0 Å². The van der Waals surface area contributed by atoms with Crippen molar-refractivity contribution in [3.63, 3.8) is 0 Å². The van der Waals surface area contributed by atoms with Gasteiger partial charge >= 0.3 is 83.6 Å². The maximum atomic E-state index is 12.2. The van der Waals surface area contributed by atoms with Crippen LogP contribution in [0.4, 0.5) is 0 Å². The average molecular weight is 2080 g/mol. The van der Waals surface area contributed by atoms with E-state index in [4.69, 9.17) is 42.6 Å². The predicted octanol–water partition coefficient (Wildman–Crippen LogP) is 23.9. The smallest absolute Gasteiger partial charge is 0.347 e. The molecule has 27 nitrogen and oxygen atoms in total. The molecule has 27 heteroatoms. The van der Waals surface area contributed by atoms with Gasteiger partial charge in [0.15, 0.2) is 6.29 Å². The number of fused-ring (bicyclic) bond motifs is 6. The Balaban J connectivity index is 0.000000168. The highest BCUT2D eigenvalue weighted by atomic mass is 16.7. The summed E-state index contributed by atoms with van der Waals surface area (Å²) in [5.41, 5.74) is -0.670. The van der Waals surface area contributed by atoms with E-state index in [0.29, 0.717) is 97.3 Å². The molecule has 6 saturated heterocycles. The highest BCUT2D eigenvalue weighted by Crippen LogP contribution is 2.63. The van der Waals surface area contributed by atoms with Crippen LogP contribution in [0.5, 0.6) is 0 Å². The summed E-state index contributed by atoms with van der Waals surface area (Å²) in [4.78, 5) is 158. The van der Waals surface area contributed by atoms with Gasteiger partial charge in [0.25, 0.3) is 0 Å². The summed E-state index contributed by atoms with van der Waals surface area (Å²) in [5.74, 6) is 12.4. The monoisotopic (exact) mass is 2080 g/mol. The van der Waals surface area contributed by atoms with Crippen LogP contribution in [-0.4, -0.2) is 151 Å². The summed E-state index contributed by atoms with van der Waals surface area (Å²) in [6, 6.07) is 0. The van der Waals surface area contributed by atoms with Gasteiger partial charge in [0.2, 0.25) is 12.2 Å². The molecule has 0 spiro atoms. The minimum atomic E-state index is -0.665. The van der Waals surface area contributed by atoms with E-state index in [9.17, 15) is 67.1 Å². The number of carbonyl (C=O) groups excluding carboxylic acids is 14. The lowest BCUT2D eigenvalue weighted by Crippen LogP contribution is -2.58. The summed E-state index contributed by atoms with van der Waals surface area (Å²) in [5, 5.41) is 0. The van der Waals surface area contributed by atoms with Crippen molar-refractivity contribution >= 4 is 83.6 Å². The van der Waals surface area contributed by atoms with Crippen LogP contribution in [0.1, 0.15) is 412 Å². The molecule has 16 saturated carbocycles. The second kappa shape index (κ2) is 54.5. The van der Waals surface area contributed by atoms with E-state index in [1.54, 1.807) is 62.0 Å². The molecule has 148 heavy (non-hydrogen) atoms. The van der Waals surface area contributed by atoms with Crippen molar-refractivity contribution in [1.29, 1.82) is 0 Å². The quantitative estimate of drug-likeness (QED) is 0.0658. The summed E-state index contributed by atoms with van der Waals surface area (Å²) in [6.07, 6.45) is 40.2. The molecule has 29 atom stereocenters. The molecular weight excluding hydrogens is 1890 g/mol. The SMILES string of the molecule is CC1C(=O)OC(=O)C1C.CC1C(=O)OC(=O)C1C.CC1C(=O)OC(=O)C1C.CC1C2CC(C(=O)OC3CCOC3=O)C(C2)C1C.CC1C2CCC(C2)C1C.CCC(C)(C)OC(=O)C1CC2CC1C(C)C2C.CCC(C)C(=O)OC1(C)C2CC3CC(C2)CC1C3.CCC(C)C(=O)OC1(C)C2CC3CC(C2)CC1C3.CCC(C)C(=O)OC1(C2CCCCC2)CCCC1.CCC(C)C(=O)OC1CCOC1=O.COC1CCC(C)C(C)O1. The summed E-state index contributed by atoms with van der Waals surface area (Å²) in [6.45, 7) is 55.6. The van der Waals surface area contributed by atoms with Gasteiger partial charge in [-0.2, -0.15) is 0 Å². The third kappa shape index (κ3) is 30.5. The molecule has 0 aromatic rings. The fraction of sp³-hybridized carbons (Fsp3) is 0.884. The molecule has 29 unspecified atom stereocenters. The summed E-state index contributed by atoms with van der Waals surface area (Å²) < 4.78 is 67.1. The molecule has 6 heterocycles. The van der Waals surface area contributed by atoms with Gasteiger partial charge in [-0.15, -0.1) is 0 Å². The Morgan fingerprint density at radius 1 is 0.351 bits per heavy atom. The molecule has 842 valence electrons. The van der Waals surface area contributed by atoms with Gasteiger partial charge in [-0.25, -0.2) is 9.59 Å². The van der Waals surface area contributed by atoms with Crippen LogP contribution in [-0.2, 0) is 129 Å². The van der Waals surface area contributed by atoms with E-state index < -0.39 is 54.0 Å². The first-order chi connectivity index (χ1) is 69.7. The molecule has 0 amide bonds. The maximum absolute atomic E-state index is 12.2. The lowest BCUT2D eigenvalue weighted by atomic mass is 9.50. The zero-order valence-corrected chi connectivity index (χ0v) is 96.1. The number of methoxy groups -OCH3 is 1. The third-order valence-electron chi connectivity index (χ3n) is 41.4. The van der Waals surface area contributed by atoms with Crippen LogP contribution in [0, 0.1) is 201 Å². The molecule has 0 N–H and O–H groups in total. The Bertz CT molecular complexity index is 4090. The molecule has 22 fully saturated rings. The normalized spacial score (nSPS) is 39.6. The van der Waals surface area contributed by atoms with Gasteiger partial charge in [0.1, 0.15) is 22.4 Å². The van der Waals surface area contributed by atoms with E-state index in [-0.39, 0.29) is 141 Å². The van der Waals surface area contributed by atoms with Gasteiger partial charge in [-0.05, 0) is 357 Å². The molecule has 0 radical (unpaired) electrons. The predicted molar refractivity (Wildman–Crippen MR) is 559 cm³/mol. The van der Waals surface area contributed by atoms with Crippen molar-refractivity contribution in [1.82, 2.24) is 0 Å². The van der Waals surface area contributed by atoms with Gasteiger partial charge in [-0.1, -0.05) is 172 Å². The maximum Gasteiger partial charge on any atom is 0.347 e. The average Bonchev–Trinajstić information content (AvgIpc) is 1.16. The number of ether oxygens (including phenoxy) is 13. The van der Waals surface area contributed by atoms with Crippen molar-refractivity contribution in [2.75, 3.05) is 20.3 Å². The van der Waals surface area contributed by atoms with Crippen LogP contribution in [0.3, 0.4) is 0 Å². The molecule has 16 aliphatic carbocycles. The fourth-order valence-corrected chi connectivity index (χ4v) is 28.1. The second-order valence-electron chi connectivity index (χ2n) is 50.9.